The topological polar surface area (TPSA) is 69.2 Å². The molecule has 3 aromatic rings. The molecule has 0 unspecified atom stereocenters. The van der Waals surface area contributed by atoms with Gasteiger partial charge in [0.15, 0.2) is 5.69 Å². The number of carbonyl (C=O) groups is 1. The number of nitrogens with one attached hydrogen (secondary N) is 1. The van der Waals surface area contributed by atoms with Gasteiger partial charge in [-0.1, -0.05) is 18.2 Å². The average Bonchev–Trinajstić information content (AvgIpc) is 3.08. The number of fused-ring (bicyclic) bond motifs is 1. The quantitative estimate of drug-likeness (QED) is 0.760. The van der Waals surface area contributed by atoms with Crippen molar-refractivity contribution in [2.24, 2.45) is 0 Å². The summed E-state index contributed by atoms with van der Waals surface area (Å²) in [6, 6.07) is 12.1. The summed E-state index contributed by atoms with van der Waals surface area (Å²) in [5.74, 6) is -0.580. The lowest BCUT2D eigenvalue weighted by Gasteiger charge is -2.26. The standard InChI is InChI=1S/C18H14FN3O2/c1-10-15-16(21-20-10)18(24)22(11-6-8-12(23)9-7-11)17(15)13-4-2-3-5-14(13)19/h2-9,17,23H,1H3,(H,20,21)/t17-/m1/s1. The Labute approximate surface area is 137 Å². The minimum absolute atomic E-state index is 0.0995. The molecule has 1 aromatic heterocycles. The number of H-pyrrole nitrogens is 1. The molecule has 0 bridgehead atoms. The maximum atomic E-state index is 14.4. The summed E-state index contributed by atoms with van der Waals surface area (Å²) in [6.07, 6.45) is 0. The average molecular weight is 323 g/mol. The van der Waals surface area contributed by atoms with Gasteiger partial charge in [0.1, 0.15) is 11.6 Å². The number of phenols is 1. The van der Waals surface area contributed by atoms with Crippen molar-refractivity contribution in [1.82, 2.24) is 10.2 Å². The normalized spacial score (nSPS) is 16.5. The van der Waals surface area contributed by atoms with E-state index in [1.807, 2.05) is 6.92 Å². The van der Waals surface area contributed by atoms with E-state index in [0.717, 1.165) is 5.69 Å². The number of hydrogen-bond donors (Lipinski definition) is 2. The highest BCUT2D eigenvalue weighted by Gasteiger charge is 2.43. The predicted octanol–water partition coefficient (Wildman–Crippen LogP) is 3.31. The van der Waals surface area contributed by atoms with Gasteiger partial charge in [-0.3, -0.25) is 14.8 Å². The Morgan fingerprint density at radius 1 is 1.17 bits per heavy atom. The third-order valence-electron chi connectivity index (χ3n) is 4.28. The lowest BCUT2D eigenvalue weighted by molar-refractivity contribution is 0.0988. The first-order valence-corrected chi connectivity index (χ1v) is 7.50. The summed E-state index contributed by atoms with van der Waals surface area (Å²) in [6.45, 7) is 1.81. The fourth-order valence-electron chi connectivity index (χ4n) is 3.17. The van der Waals surface area contributed by atoms with Crippen molar-refractivity contribution in [1.29, 1.82) is 0 Å². The smallest absolute Gasteiger partial charge is 0.280 e. The van der Waals surface area contributed by atoms with Crippen LogP contribution in [0.15, 0.2) is 48.5 Å². The van der Waals surface area contributed by atoms with Crippen LogP contribution >= 0.6 is 0 Å². The minimum Gasteiger partial charge on any atom is -0.508 e. The Morgan fingerprint density at radius 3 is 2.58 bits per heavy atom. The van der Waals surface area contributed by atoms with E-state index in [-0.39, 0.29) is 17.5 Å². The van der Waals surface area contributed by atoms with E-state index in [4.69, 9.17) is 0 Å². The van der Waals surface area contributed by atoms with Crippen LogP contribution < -0.4 is 4.90 Å². The van der Waals surface area contributed by atoms with Crippen LogP contribution in [-0.4, -0.2) is 21.2 Å². The van der Waals surface area contributed by atoms with Crippen LogP contribution in [0.3, 0.4) is 0 Å². The summed E-state index contributed by atoms with van der Waals surface area (Å²) in [5, 5.41) is 16.4. The van der Waals surface area contributed by atoms with Crippen LogP contribution in [0.2, 0.25) is 0 Å². The fourth-order valence-corrected chi connectivity index (χ4v) is 3.17. The van der Waals surface area contributed by atoms with Crippen LogP contribution in [0.4, 0.5) is 10.1 Å². The first-order chi connectivity index (χ1) is 11.6. The summed E-state index contributed by atoms with van der Waals surface area (Å²) in [7, 11) is 0. The van der Waals surface area contributed by atoms with Crippen LogP contribution in [0, 0.1) is 12.7 Å². The Morgan fingerprint density at radius 2 is 1.88 bits per heavy atom. The van der Waals surface area contributed by atoms with Crippen LogP contribution in [-0.2, 0) is 0 Å². The minimum atomic E-state index is -0.600. The Hall–Kier alpha value is -3.15. The number of amides is 1. The number of aromatic hydroxyl groups is 1. The Balaban J connectivity index is 1.94. The van der Waals surface area contributed by atoms with Crippen molar-refractivity contribution in [2.75, 3.05) is 4.90 Å². The van der Waals surface area contributed by atoms with Gasteiger partial charge < -0.3 is 5.11 Å². The molecule has 0 saturated carbocycles. The van der Waals surface area contributed by atoms with Crippen molar-refractivity contribution in [3.63, 3.8) is 0 Å². The van der Waals surface area contributed by atoms with Crippen molar-refractivity contribution >= 4 is 11.6 Å². The number of nitrogens with zero attached hydrogens (tertiary/aromatic N) is 2. The molecule has 0 radical (unpaired) electrons. The third-order valence-corrected chi connectivity index (χ3v) is 4.28. The van der Waals surface area contributed by atoms with E-state index in [9.17, 15) is 14.3 Å². The van der Waals surface area contributed by atoms with Crippen molar-refractivity contribution < 1.29 is 14.3 Å². The molecule has 6 heteroatoms. The van der Waals surface area contributed by atoms with Crippen LogP contribution in [0.1, 0.15) is 33.4 Å². The van der Waals surface area contributed by atoms with Crippen molar-refractivity contribution in [2.45, 2.75) is 13.0 Å². The molecular weight excluding hydrogens is 309 g/mol. The number of anilines is 1. The number of benzene rings is 2. The number of hydrogen-bond acceptors (Lipinski definition) is 3. The van der Waals surface area contributed by atoms with Gasteiger partial charge in [0.2, 0.25) is 0 Å². The zero-order valence-corrected chi connectivity index (χ0v) is 12.8. The molecule has 1 amide bonds. The van der Waals surface area contributed by atoms with E-state index in [1.54, 1.807) is 30.3 Å². The van der Waals surface area contributed by atoms with E-state index >= 15 is 0 Å². The largest absolute Gasteiger partial charge is 0.508 e. The lowest BCUT2D eigenvalue weighted by atomic mass is 9.98. The number of halogens is 1. The van der Waals surface area contributed by atoms with Crippen molar-refractivity contribution in [3.8, 4) is 5.75 Å². The Kier molecular flexibility index (Phi) is 3.13. The highest BCUT2D eigenvalue weighted by Crippen LogP contribution is 2.43. The maximum Gasteiger partial charge on any atom is 0.280 e. The van der Waals surface area contributed by atoms with Gasteiger partial charge in [0.05, 0.1) is 6.04 Å². The van der Waals surface area contributed by atoms with Gasteiger partial charge in [0, 0.05) is 22.5 Å². The molecule has 5 nitrogen and oxygen atoms in total. The molecular formula is C18H14FN3O2. The van der Waals surface area contributed by atoms with E-state index in [1.165, 1.54) is 23.1 Å². The van der Waals surface area contributed by atoms with Crippen LogP contribution in [0.25, 0.3) is 0 Å². The molecule has 1 aliphatic heterocycles. The van der Waals surface area contributed by atoms with E-state index in [2.05, 4.69) is 10.2 Å². The molecule has 120 valence electrons. The van der Waals surface area contributed by atoms with Gasteiger partial charge in [0.25, 0.3) is 5.91 Å². The molecule has 2 aromatic carbocycles. The summed E-state index contributed by atoms with van der Waals surface area (Å²) >= 11 is 0. The van der Waals surface area contributed by atoms with Crippen LogP contribution in [0.5, 0.6) is 5.75 Å². The molecule has 2 heterocycles. The zero-order valence-electron chi connectivity index (χ0n) is 12.8. The highest BCUT2D eigenvalue weighted by molar-refractivity contribution is 6.10. The number of carbonyl (C=O) groups excluding carboxylic acids is 1. The number of aromatic amines is 1. The van der Waals surface area contributed by atoms with Gasteiger partial charge in [-0.2, -0.15) is 5.10 Å². The third kappa shape index (κ3) is 2.00. The lowest BCUT2D eigenvalue weighted by Crippen LogP contribution is -2.29. The van der Waals surface area contributed by atoms with Gasteiger partial charge in [-0.15, -0.1) is 0 Å². The number of aryl methyl sites for hydroxylation is 1. The second kappa shape index (κ2) is 5.19. The molecule has 0 saturated heterocycles. The second-order valence-electron chi connectivity index (χ2n) is 5.73. The van der Waals surface area contributed by atoms with Crippen molar-refractivity contribution in [3.05, 3.63) is 76.9 Å². The van der Waals surface area contributed by atoms with Gasteiger partial charge in [-0.25, -0.2) is 4.39 Å². The Bertz CT molecular complexity index is 934. The number of phenolic OH excluding ortho intramolecular Hbond substituents is 1. The molecule has 24 heavy (non-hydrogen) atoms. The molecule has 1 atom stereocenters. The van der Waals surface area contributed by atoms with Gasteiger partial charge >= 0.3 is 0 Å². The maximum absolute atomic E-state index is 14.4. The van der Waals surface area contributed by atoms with E-state index in [0.29, 0.717) is 22.5 Å². The number of aromatic nitrogens is 2. The summed E-state index contributed by atoms with van der Waals surface area (Å²) < 4.78 is 14.4. The predicted molar refractivity (Wildman–Crippen MR) is 86.5 cm³/mol. The summed E-state index contributed by atoms with van der Waals surface area (Å²) in [5.41, 5.74) is 2.69. The van der Waals surface area contributed by atoms with E-state index < -0.39 is 6.04 Å². The second-order valence-corrected chi connectivity index (χ2v) is 5.73. The molecule has 2 N–H and O–H groups in total. The number of rotatable bonds is 2. The first-order valence-electron chi connectivity index (χ1n) is 7.50. The monoisotopic (exact) mass is 323 g/mol. The molecule has 0 fully saturated rings. The van der Waals surface area contributed by atoms with Gasteiger partial charge in [-0.05, 0) is 37.3 Å². The highest BCUT2D eigenvalue weighted by atomic mass is 19.1. The molecule has 4 rings (SSSR count). The fraction of sp³-hybridized carbons (Fsp3) is 0.111. The SMILES string of the molecule is Cc1[nH]nc2c1[C@@H](c1ccccc1F)N(c1ccc(O)cc1)C2=O. The zero-order chi connectivity index (χ0) is 16.8. The molecule has 0 spiro atoms. The first kappa shape index (κ1) is 14.4. The molecule has 1 aliphatic rings. The molecule has 0 aliphatic carbocycles. The summed E-state index contributed by atoms with van der Waals surface area (Å²) in [4.78, 5) is 14.4.